The van der Waals surface area contributed by atoms with Crippen LogP contribution >= 0.6 is 18.8 Å². The van der Waals surface area contributed by atoms with E-state index in [9.17, 15) is 4.79 Å². The molecule has 3 unspecified atom stereocenters. The standard InChI is InChI=1S/C12H23N3OP2/c16-11(13-5-7-15(18)8-6-13)10-9-12(10)1-3-14(17)4-2-12/h10H,1-9,17-18H2. The third-order valence-electron chi connectivity index (χ3n) is 4.91. The first kappa shape index (κ1) is 13.2. The van der Waals surface area contributed by atoms with E-state index in [0.29, 0.717) is 17.2 Å². The lowest BCUT2D eigenvalue weighted by atomic mass is 9.91. The van der Waals surface area contributed by atoms with Crippen LogP contribution in [0.1, 0.15) is 19.3 Å². The number of hydrogen-bond acceptors (Lipinski definition) is 3. The van der Waals surface area contributed by atoms with Crippen LogP contribution in [-0.2, 0) is 4.79 Å². The molecule has 2 aliphatic heterocycles. The molecule has 1 amide bonds. The third-order valence-corrected chi connectivity index (χ3v) is 5.94. The van der Waals surface area contributed by atoms with Gasteiger partial charge in [0.2, 0.25) is 5.91 Å². The second-order valence-corrected chi connectivity index (χ2v) is 7.48. The second kappa shape index (κ2) is 4.98. The molecule has 1 aliphatic carbocycles. The van der Waals surface area contributed by atoms with Crippen LogP contribution < -0.4 is 0 Å². The van der Waals surface area contributed by atoms with E-state index in [2.05, 4.69) is 33.0 Å². The molecule has 3 fully saturated rings. The lowest BCUT2D eigenvalue weighted by Crippen LogP contribution is -2.46. The Balaban J connectivity index is 1.56. The summed E-state index contributed by atoms with van der Waals surface area (Å²) in [6.07, 6.45) is 3.55. The minimum atomic E-state index is 0.340. The fourth-order valence-electron chi connectivity index (χ4n) is 3.38. The Morgan fingerprint density at radius 1 is 0.944 bits per heavy atom. The van der Waals surface area contributed by atoms with E-state index in [-0.39, 0.29) is 0 Å². The second-order valence-electron chi connectivity index (χ2n) is 6.02. The molecule has 3 rings (SSSR count). The van der Waals surface area contributed by atoms with Crippen LogP contribution in [0.4, 0.5) is 0 Å². The number of carbonyl (C=O) groups is 1. The quantitative estimate of drug-likeness (QED) is 0.668. The highest BCUT2D eigenvalue weighted by Crippen LogP contribution is 2.60. The van der Waals surface area contributed by atoms with E-state index >= 15 is 0 Å². The van der Waals surface area contributed by atoms with Crippen molar-refractivity contribution in [2.75, 3.05) is 39.3 Å². The van der Waals surface area contributed by atoms with Gasteiger partial charge in [0.05, 0.1) is 0 Å². The summed E-state index contributed by atoms with van der Waals surface area (Å²) in [5, 5.41) is 0. The van der Waals surface area contributed by atoms with E-state index in [0.717, 1.165) is 45.7 Å². The van der Waals surface area contributed by atoms with Crippen LogP contribution in [0.2, 0.25) is 0 Å². The van der Waals surface area contributed by atoms with Gasteiger partial charge in [0.1, 0.15) is 0 Å². The van der Waals surface area contributed by atoms with Crippen molar-refractivity contribution in [1.82, 2.24) is 14.2 Å². The Morgan fingerprint density at radius 2 is 1.50 bits per heavy atom. The van der Waals surface area contributed by atoms with Crippen molar-refractivity contribution in [3.8, 4) is 0 Å². The van der Waals surface area contributed by atoms with Crippen molar-refractivity contribution in [1.29, 1.82) is 0 Å². The van der Waals surface area contributed by atoms with E-state index < -0.39 is 0 Å². The fourth-order valence-corrected chi connectivity index (χ4v) is 3.87. The average Bonchev–Trinajstić information content (AvgIpc) is 3.08. The Hall–Kier alpha value is 0.250. The molecule has 102 valence electrons. The van der Waals surface area contributed by atoms with Gasteiger partial charge >= 0.3 is 0 Å². The molecule has 0 N–H and O–H groups in total. The summed E-state index contributed by atoms with van der Waals surface area (Å²) in [7, 11) is 5.52. The van der Waals surface area contributed by atoms with Gasteiger partial charge < -0.3 is 4.90 Å². The minimum absolute atomic E-state index is 0.340. The summed E-state index contributed by atoms with van der Waals surface area (Å²) in [5.74, 6) is 0.776. The van der Waals surface area contributed by atoms with Crippen molar-refractivity contribution >= 4 is 24.7 Å². The molecule has 2 saturated heterocycles. The molecule has 0 aromatic heterocycles. The number of piperazine rings is 1. The van der Waals surface area contributed by atoms with Gasteiger partial charge in [-0.25, -0.2) is 0 Å². The summed E-state index contributed by atoms with van der Waals surface area (Å²) >= 11 is 0. The highest BCUT2D eigenvalue weighted by molar-refractivity contribution is 7.13. The van der Waals surface area contributed by atoms with Crippen LogP contribution in [0, 0.1) is 11.3 Å². The molecule has 4 nitrogen and oxygen atoms in total. The van der Waals surface area contributed by atoms with Crippen molar-refractivity contribution in [3.63, 3.8) is 0 Å². The fraction of sp³-hybridized carbons (Fsp3) is 0.917. The first-order chi connectivity index (χ1) is 8.61. The molecule has 1 saturated carbocycles. The van der Waals surface area contributed by atoms with Gasteiger partial charge in [0.25, 0.3) is 0 Å². The summed E-state index contributed by atoms with van der Waals surface area (Å²) in [6.45, 7) is 6.07. The molecule has 1 spiro atoms. The Morgan fingerprint density at radius 3 is 2.11 bits per heavy atom. The normalized spacial score (nSPS) is 32.8. The van der Waals surface area contributed by atoms with E-state index in [1.54, 1.807) is 0 Å². The van der Waals surface area contributed by atoms with Crippen molar-refractivity contribution in [3.05, 3.63) is 0 Å². The monoisotopic (exact) mass is 287 g/mol. The molecule has 0 aromatic rings. The summed E-state index contributed by atoms with van der Waals surface area (Å²) in [4.78, 5) is 14.6. The molecule has 3 atom stereocenters. The zero-order valence-corrected chi connectivity index (χ0v) is 13.2. The molecule has 18 heavy (non-hydrogen) atoms. The molecule has 3 aliphatic rings. The number of carbonyl (C=O) groups excluding carboxylic acids is 1. The van der Waals surface area contributed by atoms with Crippen molar-refractivity contribution in [2.24, 2.45) is 11.3 Å². The third kappa shape index (κ3) is 2.45. The van der Waals surface area contributed by atoms with Crippen LogP contribution in [0.3, 0.4) is 0 Å². The first-order valence-electron chi connectivity index (χ1n) is 6.89. The van der Waals surface area contributed by atoms with Gasteiger partial charge in [-0.2, -0.15) is 0 Å². The maximum absolute atomic E-state index is 12.5. The largest absolute Gasteiger partial charge is 0.340 e. The van der Waals surface area contributed by atoms with Gasteiger partial charge in [-0.3, -0.25) is 14.1 Å². The van der Waals surface area contributed by atoms with Crippen LogP contribution in [0.5, 0.6) is 0 Å². The average molecular weight is 287 g/mol. The molecule has 2 heterocycles. The SMILES string of the molecule is O=C(C1CC12CCN(P)CC2)N1CCN(P)CC1. The molecule has 0 bridgehead atoms. The number of rotatable bonds is 1. The maximum Gasteiger partial charge on any atom is 0.226 e. The van der Waals surface area contributed by atoms with Crippen molar-refractivity contribution in [2.45, 2.75) is 19.3 Å². The van der Waals surface area contributed by atoms with Gasteiger partial charge in [-0.1, -0.05) is 18.8 Å². The first-order valence-corrected chi connectivity index (χ1v) is 7.92. The maximum atomic E-state index is 12.5. The molecule has 6 heteroatoms. The Labute approximate surface area is 114 Å². The predicted molar refractivity (Wildman–Crippen MR) is 78.9 cm³/mol. The van der Waals surface area contributed by atoms with Crippen LogP contribution in [0.15, 0.2) is 0 Å². The number of hydrogen-bond donors (Lipinski definition) is 0. The zero-order chi connectivity index (χ0) is 12.8. The van der Waals surface area contributed by atoms with Crippen molar-refractivity contribution < 1.29 is 4.79 Å². The summed E-state index contributed by atoms with van der Waals surface area (Å²) in [5.41, 5.74) is 0.377. The van der Waals surface area contributed by atoms with Crippen LogP contribution in [0.25, 0.3) is 0 Å². The predicted octanol–water partition coefficient (Wildman–Crippen LogP) is 0.813. The topological polar surface area (TPSA) is 26.8 Å². The lowest BCUT2D eigenvalue weighted by Gasteiger charge is -2.34. The summed E-state index contributed by atoms with van der Waals surface area (Å²) < 4.78 is 4.53. The van der Waals surface area contributed by atoms with E-state index in [4.69, 9.17) is 0 Å². The van der Waals surface area contributed by atoms with E-state index in [1.807, 2.05) is 0 Å². The minimum Gasteiger partial charge on any atom is -0.340 e. The highest BCUT2D eigenvalue weighted by Gasteiger charge is 2.59. The molecular weight excluding hydrogens is 264 g/mol. The highest BCUT2D eigenvalue weighted by atomic mass is 31.0. The van der Waals surface area contributed by atoms with Gasteiger partial charge in [0.15, 0.2) is 0 Å². The molecule has 0 aromatic carbocycles. The molecule has 0 radical (unpaired) electrons. The van der Waals surface area contributed by atoms with Gasteiger partial charge in [-0.15, -0.1) is 0 Å². The number of amides is 1. The van der Waals surface area contributed by atoms with Crippen LogP contribution in [-0.4, -0.2) is 59.4 Å². The zero-order valence-electron chi connectivity index (χ0n) is 10.8. The molecular formula is C12H23N3OP2. The van der Waals surface area contributed by atoms with E-state index in [1.165, 1.54) is 12.8 Å². The Kier molecular flexibility index (Phi) is 3.66. The Bertz CT molecular complexity index is 336. The lowest BCUT2D eigenvalue weighted by molar-refractivity contribution is -0.134. The number of piperidine rings is 1. The number of nitrogens with zero attached hydrogens (tertiary/aromatic N) is 3. The van der Waals surface area contributed by atoms with Gasteiger partial charge in [-0.05, 0) is 24.7 Å². The summed E-state index contributed by atoms with van der Waals surface area (Å²) in [6, 6.07) is 0. The smallest absolute Gasteiger partial charge is 0.226 e. The van der Waals surface area contributed by atoms with Gasteiger partial charge in [0, 0.05) is 45.2 Å².